The fourth-order valence-electron chi connectivity index (χ4n) is 2.58. The lowest BCUT2D eigenvalue weighted by molar-refractivity contribution is 0.607. The van der Waals surface area contributed by atoms with Gasteiger partial charge in [0, 0.05) is 17.4 Å². The van der Waals surface area contributed by atoms with Gasteiger partial charge in [0.1, 0.15) is 0 Å². The summed E-state index contributed by atoms with van der Waals surface area (Å²) in [6.07, 6.45) is 4.91. The third-order valence-corrected chi connectivity index (χ3v) is 4.51. The van der Waals surface area contributed by atoms with Gasteiger partial charge in [0.05, 0.1) is 18.1 Å². The Hall–Kier alpha value is -2.60. The molecule has 0 amide bonds. The van der Waals surface area contributed by atoms with Crippen molar-refractivity contribution in [2.75, 3.05) is 11.0 Å². The lowest BCUT2D eigenvalue weighted by atomic mass is 10.0. The number of hydrogen-bond donors (Lipinski definition) is 1. The lowest BCUT2D eigenvalue weighted by Gasteiger charge is -2.08. The second-order valence-corrected chi connectivity index (χ2v) is 8.12. The molecule has 25 heavy (non-hydrogen) atoms. The first-order valence-corrected chi connectivity index (χ1v) is 9.94. The highest BCUT2D eigenvalue weighted by atomic mass is 32.2. The second-order valence-electron chi connectivity index (χ2n) is 6.37. The first-order chi connectivity index (χ1) is 11.8. The Bertz CT molecular complexity index is 974. The van der Waals surface area contributed by atoms with Crippen molar-refractivity contribution in [2.24, 2.45) is 0 Å². The summed E-state index contributed by atoms with van der Waals surface area (Å²) in [6.45, 7) is 4.33. The number of hydrogen-bond acceptors (Lipinski definition) is 3. The molecule has 0 unspecified atom stereocenters. The predicted octanol–water partition coefficient (Wildman–Crippen LogP) is 4.03. The third-order valence-electron chi connectivity index (χ3n) is 3.91. The predicted molar refractivity (Wildman–Crippen MR) is 102 cm³/mol. The maximum Gasteiger partial charge on any atom is 0.229 e. The zero-order valence-corrected chi connectivity index (χ0v) is 15.3. The first-order valence-electron chi connectivity index (χ1n) is 8.05. The molecule has 2 aromatic carbocycles. The molecule has 0 aliphatic carbocycles. The van der Waals surface area contributed by atoms with Crippen LogP contribution in [0.1, 0.15) is 25.3 Å². The molecular formula is C19H21N3O2S. The monoisotopic (exact) mass is 355 g/mol. The zero-order chi connectivity index (χ0) is 18.0. The van der Waals surface area contributed by atoms with E-state index >= 15 is 0 Å². The van der Waals surface area contributed by atoms with Crippen molar-refractivity contribution in [2.45, 2.75) is 19.8 Å². The minimum Gasteiger partial charge on any atom is -0.284 e. The van der Waals surface area contributed by atoms with Gasteiger partial charge in [-0.25, -0.2) is 13.1 Å². The molecule has 1 N–H and O–H groups in total. The van der Waals surface area contributed by atoms with Gasteiger partial charge in [-0.15, -0.1) is 0 Å². The Morgan fingerprint density at radius 1 is 1.04 bits per heavy atom. The van der Waals surface area contributed by atoms with Crippen molar-refractivity contribution in [3.63, 3.8) is 0 Å². The lowest BCUT2D eigenvalue weighted by Crippen LogP contribution is -2.09. The van der Waals surface area contributed by atoms with Crippen LogP contribution < -0.4 is 4.72 Å². The van der Waals surface area contributed by atoms with E-state index in [0.717, 1.165) is 23.1 Å². The van der Waals surface area contributed by atoms with Crippen molar-refractivity contribution < 1.29 is 8.42 Å². The number of nitrogens with one attached hydrogen (secondary N) is 1. The molecule has 130 valence electrons. The molecule has 0 aliphatic heterocycles. The number of aromatic nitrogens is 2. The SMILES string of the molecule is CC(C)c1cccc(-n2cc(-c3ccc(NS(C)(=O)=O)cc3)cn2)c1. The molecule has 0 saturated carbocycles. The van der Waals surface area contributed by atoms with Gasteiger partial charge in [-0.05, 0) is 41.3 Å². The quantitative estimate of drug-likeness (QED) is 0.751. The van der Waals surface area contributed by atoms with Gasteiger partial charge >= 0.3 is 0 Å². The molecule has 0 fully saturated rings. The van der Waals surface area contributed by atoms with E-state index in [1.807, 2.05) is 35.1 Å². The minimum atomic E-state index is -3.26. The third kappa shape index (κ3) is 4.28. The van der Waals surface area contributed by atoms with E-state index in [-0.39, 0.29) is 0 Å². The van der Waals surface area contributed by atoms with Crippen LogP contribution in [0, 0.1) is 0 Å². The highest BCUT2D eigenvalue weighted by molar-refractivity contribution is 7.92. The van der Waals surface area contributed by atoms with Gasteiger partial charge < -0.3 is 0 Å². The number of anilines is 1. The van der Waals surface area contributed by atoms with Crippen LogP contribution in [0.2, 0.25) is 0 Å². The van der Waals surface area contributed by atoms with Gasteiger partial charge in [0.15, 0.2) is 0 Å². The number of benzene rings is 2. The summed E-state index contributed by atoms with van der Waals surface area (Å²) >= 11 is 0. The topological polar surface area (TPSA) is 64.0 Å². The molecule has 0 spiro atoms. The average molecular weight is 355 g/mol. The van der Waals surface area contributed by atoms with Gasteiger partial charge in [-0.1, -0.05) is 38.1 Å². The van der Waals surface area contributed by atoms with Crippen LogP contribution in [0.4, 0.5) is 5.69 Å². The summed E-state index contributed by atoms with van der Waals surface area (Å²) < 4.78 is 26.8. The molecule has 3 rings (SSSR count). The number of nitrogens with zero attached hydrogens (tertiary/aromatic N) is 2. The Morgan fingerprint density at radius 3 is 2.40 bits per heavy atom. The maximum atomic E-state index is 11.3. The van der Waals surface area contributed by atoms with Crippen LogP contribution in [0.15, 0.2) is 60.9 Å². The molecule has 0 saturated heterocycles. The smallest absolute Gasteiger partial charge is 0.229 e. The van der Waals surface area contributed by atoms with Crippen molar-refractivity contribution in [3.05, 3.63) is 66.5 Å². The van der Waals surface area contributed by atoms with Crippen LogP contribution in [-0.2, 0) is 10.0 Å². The number of sulfonamides is 1. The van der Waals surface area contributed by atoms with E-state index in [0.29, 0.717) is 11.6 Å². The van der Waals surface area contributed by atoms with Gasteiger partial charge in [-0.3, -0.25) is 4.72 Å². The van der Waals surface area contributed by atoms with E-state index in [1.165, 1.54) is 5.56 Å². The van der Waals surface area contributed by atoms with Crippen LogP contribution in [0.5, 0.6) is 0 Å². The molecule has 5 nitrogen and oxygen atoms in total. The zero-order valence-electron chi connectivity index (χ0n) is 14.5. The second kappa shape index (κ2) is 6.72. The molecular weight excluding hydrogens is 334 g/mol. The molecule has 1 heterocycles. The summed E-state index contributed by atoms with van der Waals surface area (Å²) in [5, 5.41) is 4.45. The van der Waals surface area contributed by atoms with Crippen molar-refractivity contribution >= 4 is 15.7 Å². The summed E-state index contributed by atoms with van der Waals surface area (Å²) in [6, 6.07) is 15.6. The minimum absolute atomic E-state index is 0.463. The summed E-state index contributed by atoms with van der Waals surface area (Å²) in [7, 11) is -3.26. The Morgan fingerprint density at radius 2 is 1.76 bits per heavy atom. The van der Waals surface area contributed by atoms with E-state index in [4.69, 9.17) is 0 Å². The van der Waals surface area contributed by atoms with Crippen LogP contribution in [0.3, 0.4) is 0 Å². The average Bonchev–Trinajstić information content (AvgIpc) is 3.04. The highest BCUT2D eigenvalue weighted by Gasteiger charge is 2.07. The standard InChI is InChI=1S/C19H21N3O2S/c1-14(2)16-5-4-6-19(11-16)22-13-17(12-20-22)15-7-9-18(10-8-15)21-25(3,23)24/h4-14,21H,1-3H3. The maximum absolute atomic E-state index is 11.3. The van der Waals surface area contributed by atoms with Crippen LogP contribution in [0.25, 0.3) is 16.8 Å². The molecule has 0 aliphatic rings. The first kappa shape index (κ1) is 17.2. The molecule has 6 heteroatoms. The molecule has 0 bridgehead atoms. The largest absolute Gasteiger partial charge is 0.284 e. The van der Waals surface area contributed by atoms with Crippen LogP contribution in [-0.4, -0.2) is 24.5 Å². The van der Waals surface area contributed by atoms with E-state index < -0.39 is 10.0 Å². The fraction of sp³-hybridized carbons (Fsp3) is 0.211. The van der Waals surface area contributed by atoms with Crippen molar-refractivity contribution in [1.29, 1.82) is 0 Å². The van der Waals surface area contributed by atoms with Gasteiger partial charge in [-0.2, -0.15) is 5.10 Å². The molecule has 0 atom stereocenters. The molecule has 3 aromatic rings. The van der Waals surface area contributed by atoms with Crippen molar-refractivity contribution in [1.82, 2.24) is 9.78 Å². The molecule has 1 aromatic heterocycles. The summed E-state index contributed by atoms with van der Waals surface area (Å²) in [5.41, 5.74) is 4.79. The van der Waals surface area contributed by atoms with E-state index in [1.54, 1.807) is 18.3 Å². The Kier molecular flexibility index (Phi) is 4.63. The van der Waals surface area contributed by atoms with E-state index in [9.17, 15) is 8.42 Å². The van der Waals surface area contributed by atoms with Gasteiger partial charge in [0.2, 0.25) is 10.0 Å². The molecule has 0 radical (unpaired) electrons. The fourth-order valence-corrected chi connectivity index (χ4v) is 3.15. The number of rotatable bonds is 5. The van der Waals surface area contributed by atoms with Crippen molar-refractivity contribution in [3.8, 4) is 16.8 Å². The normalized spacial score (nSPS) is 11.7. The highest BCUT2D eigenvalue weighted by Crippen LogP contribution is 2.23. The summed E-state index contributed by atoms with van der Waals surface area (Å²) in [4.78, 5) is 0. The Balaban J connectivity index is 1.85. The van der Waals surface area contributed by atoms with E-state index in [2.05, 4.69) is 35.8 Å². The van der Waals surface area contributed by atoms with Gasteiger partial charge in [0.25, 0.3) is 0 Å². The van der Waals surface area contributed by atoms with Crippen LogP contribution >= 0.6 is 0 Å². The summed E-state index contributed by atoms with van der Waals surface area (Å²) in [5.74, 6) is 0.463. The Labute approximate surface area is 148 Å².